The van der Waals surface area contributed by atoms with Crippen molar-refractivity contribution in [1.82, 2.24) is 0 Å². The summed E-state index contributed by atoms with van der Waals surface area (Å²) >= 11 is 7.34. The fourth-order valence-corrected chi connectivity index (χ4v) is 21.7. The van der Waals surface area contributed by atoms with Crippen LogP contribution >= 0.6 is 23.2 Å². The van der Waals surface area contributed by atoms with E-state index in [0.29, 0.717) is 10.0 Å². The second-order valence-electron chi connectivity index (χ2n) is 10.5. The molecule has 4 aromatic carbocycles. The van der Waals surface area contributed by atoms with Crippen LogP contribution in [0.15, 0.2) is 109 Å². The Morgan fingerprint density at radius 2 is 0.974 bits per heavy atom. The predicted molar refractivity (Wildman–Crippen MR) is 162 cm³/mol. The van der Waals surface area contributed by atoms with Crippen LogP contribution in [0.1, 0.15) is 50.3 Å². The summed E-state index contributed by atoms with van der Waals surface area (Å²) in [5, 5.41) is 1.33. The molecule has 0 bridgehead atoms. The van der Waals surface area contributed by atoms with Crippen LogP contribution in [0.2, 0.25) is 10.0 Å². The molecule has 0 aliphatic heterocycles. The predicted octanol–water partition coefficient (Wildman–Crippen LogP) is 10.1. The Hall–Kier alpha value is -2.71. The molecule has 196 valence electrons. The van der Waals surface area contributed by atoms with Crippen molar-refractivity contribution < 1.29 is 24.8 Å². The molecule has 5 heteroatoms. The second kappa shape index (κ2) is 10.0. The first-order valence-corrected chi connectivity index (χ1v) is 20.3. The van der Waals surface area contributed by atoms with Crippen LogP contribution in [-0.2, 0) is 19.2 Å². The SMILES string of the molecule is C[CH]=[Zr]([O]c1ccc(Cl)cc1)([O]c1ccc(Cl)cc1)([CH]1C=C(C)c2ccccc21)[CH]1C=C(C)c2ccccc21. The van der Waals surface area contributed by atoms with Gasteiger partial charge in [0, 0.05) is 0 Å². The zero-order valence-corrected chi connectivity index (χ0v) is 26.2. The first-order chi connectivity index (χ1) is 18.8. The number of hydrogen-bond acceptors (Lipinski definition) is 2. The van der Waals surface area contributed by atoms with Crippen LogP contribution in [0.5, 0.6) is 11.5 Å². The molecule has 2 nitrogen and oxygen atoms in total. The minimum absolute atomic E-state index is 0.0702. The Morgan fingerprint density at radius 1 is 0.590 bits per heavy atom. The molecule has 0 N–H and O–H groups in total. The molecule has 4 aromatic rings. The van der Waals surface area contributed by atoms with E-state index in [1.165, 1.54) is 33.4 Å². The molecule has 0 heterocycles. The monoisotopic (exact) mass is 630 g/mol. The first kappa shape index (κ1) is 26.5. The van der Waals surface area contributed by atoms with Crippen LogP contribution in [0, 0.1) is 0 Å². The number of benzene rings is 4. The van der Waals surface area contributed by atoms with Gasteiger partial charge in [-0.1, -0.05) is 0 Å². The average molecular weight is 633 g/mol. The van der Waals surface area contributed by atoms with Gasteiger partial charge in [0.25, 0.3) is 0 Å². The fraction of sp³-hybridized carbons (Fsp3) is 0.147. The van der Waals surface area contributed by atoms with E-state index < -0.39 is 19.2 Å². The quantitative estimate of drug-likeness (QED) is 0.211. The molecule has 0 spiro atoms. The van der Waals surface area contributed by atoms with E-state index in [4.69, 9.17) is 28.8 Å². The molecule has 2 unspecified atom stereocenters. The van der Waals surface area contributed by atoms with Gasteiger partial charge in [-0.3, -0.25) is 0 Å². The molecule has 39 heavy (non-hydrogen) atoms. The van der Waals surface area contributed by atoms with Crippen LogP contribution in [0.25, 0.3) is 11.1 Å². The molecule has 2 aliphatic carbocycles. The zero-order chi connectivity index (χ0) is 27.2. The number of rotatable bonds is 6. The average Bonchev–Trinajstić information content (AvgIpc) is 3.49. The topological polar surface area (TPSA) is 18.5 Å². The normalized spacial score (nSPS) is 18.1. The third kappa shape index (κ3) is 4.31. The zero-order valence-electron chi connectivity index (χ0n) is 22.2. The fourth-order valence-electron chi connectivity index (χ4n) is 6.51. The van der Waals surface area contributed by atoms with E-state index in [9.17, 15) is 0 Å². The third-order valence-electron chi connectivity index (χ3n) is 8.37. The number of halogens is 2. The Balaban J connectivity index is 1.72. The molecule has 0 aromatic heterocycles. The number of hydrogen-bond donors (Lipinski definition) is 0. The van der Waals surface area contributed by atoms with Crippen molar-refractivity contribution in [1.29, 1.82) is 0 Å². The van der Waals surface area contributed by atoms with Gasteiger partial charge in [0.1, 0.15) is 0 Å². The Labute approximate surface area is 242 Å². The van der Waals surface area contributed by atoms with Gasteiger partial charge < -0.3 is 0 Å². The van der Waals surface area contributed by atoms with Gasteiger partial charge in [0.05, 0.1) is 0 Å². The van der Waals surface area contributed by atoms with Gasteiger partial charge in [0.2, 0.25) is 0 Å². The van der Waals surface area contributed by atoms with Crippen molar-refractivity contribution in [2.24, 2.45) is 0 Å². The summed E-state index contributed by atoms with van der Waals surface area (Å²) in [6.45, 7) is 6.51. The van der Waals surface area contributed by atoms with E-state index in [-0.39, 0.29) is 7.25 Å². The summed E-state index contributed by atoms with van der Waals surface area (Å²) in [7, 11) is 0. The van der Waals surface area contributed by atoms with Crippen LogP contribution in [0.4, 0.5) is 0 Å². The summed E-state index contributed by atoms with van der Waals surface area (Å²) in [5.74, 6) is 1.51. The van der Waals surface area contributed by atoms with Gasteiger partial charge in [-0.05, 0) is 0 Å². The molecule has 0 saturated heterocycles. The van der Waals surface area contributed by atoms with Gasteiger partial charge in [-0.15, -0.1) is 0 Å². The van der Waals surface area contributed by atoms with E-state index >= 15 is 0 Å². The van der Waals surface area contributed by atoms with Gasteiger partial charge in [-0.2, -0.15) is 0 Å². The van der Waals surface area contributed by atoms with Crippen molar-refractivity contribution in [3.05, 3.63) is 142 Å². The van der Waals surface area contributed by atoms with E-state index in [2.05, 4.69) is 85.2 Å². The Bertz CT molecular complexity index is 1570. The summed E-state index contributed by atoms with van der Waals surface area (Å²) in [4.78, 5) is 0. The molecule has 0 radical (unpaired) electrons. The molecule has 2 aliphatic rings. The van der Waals surface area contributed by atoms with Crippen molar-refractivity contribution in [2.75, 3.05) is 0 Å². The molecule has 0 fully saturated rings. The van der Waals surface area contributed by atoms with Gasteiger partial charge >= 0.3 is 244 Å². The molecule has 2 atom stereocenters. The summed E-state index contributed by atoms with van der Waals surface area (Å²) in [5.41, 5.74) is 7.47. The molecule has 0 amide bonds. The molecule has 0 saturated carbocycles. The number of allylic oxidation sites excluding steroid dienone is 4. The van der Waals surface area contributed by atoms with E-state index in [1.54, 1.807) is 0 Å². The summed E-state index contributed by atoms with van der Waals surface area (Å²) in [6.07, 6.45) is 4.76. The van der Waals surface area contributed by atoms with Gasteiger partial charge in [0.15, 0.2) is 0 Å². The van der Waals surface area contributed by atoms with E-state index in [0.717, 1.165) is 11.5 Å². The Kier molecular flexibility index (Phi) is 6.83. The van der Waals surface area contributed by atoms with Crippen LogP contribution < -0.4 is 5.63 Å². The van der Waals surface area contributed by atoms with Crippen LogP contribution in [0.3, 0.4) is 0 Å². The molecular formula is C34H30Cl2O2Zr. The maximum atomic E-state index is 7.56. The standard InChI is InChI=1S/2C10H9.2C6H5ClO.C2H4.Zr/c2*1-8-6-7-9-4-2-3-5-10(8)9;2*7-5-1-3-6(8)4-2-5;1-2;/h2*2-7H,1H3;2*1-4,8H;1H,2H3;/q;;;;;+2/p-2. The van der Waals surface area contributed by atoms with Crippen molar-refractivity contribution in [3.63, 3.8) is 0 Å². The summed E-state index contributed by atoms with van der Waals surface area (Å²) in [6, 6.07) is 32.7. The van der Waals surface area contributed by atoms with Crippen molar-refractivity contribution in [2.45, 2.75) is 28.0 Å². The number of fused-ring (bicyclic) bond motifs is 2. The Morgan fingerprint density at radius 3 is 1.36 bits per heavy atom. The molecular weight excluding hydrogens is 603 g/mol. The van der Waals surface area contributed by atoms with Crippen molar-refractivity contribution in [3.8, 4) is 11.5 Å². The van der Waals surface area contributed by atoms with E-state index in [1.807, 2.05) is 48.5 Å². The third-order valence-corrected chi connectivity index (χ3v) is 23.4. The first-order valence-electron chi connectivity index (χ1n) is 13.3. The summed E-state index contributed by atoms with van der Waals surface area (Å²) < 4.78 is 17.3. The molecule has 6 rings (SSSR count). The minimum atomic E-state index is -5.28. The van der Waals surface area contributed by atoms with Crippen LogP contribution in [-0.4, -0.2) is 3.71 Å². The maximum absolute atomic E-state index is 7.56. The van der Waals surface area contributed by atoms with Crippen molar-refractivity contribution >= 4 is 38.1 Å². The second-order valence-corrected chi connectivity index (χ2v) is 23.2. The van der Waals surface area contributed by atoms with Gasteiger partial charge in [-0.25, -0.2) is 0 Å².